The number of carbonyl (C=O) groups excluding carboxylic acids is 1. The van der Waals surface area contributed by atoms with E-state index in [-0.39, 0.29) is 5.41 Å². The largest absolute Gasteiger partial charge is 0.356 e. The fraction of sp³-hybridized carbons (Fsp3) is 0.636. The minimum atomic E-state index is 0.287. The average Bonchev–Trinajstić information content (AvgIpc) is 3.43. The standard InChI is InChI=1S/C22H30N6O/c29-20-5-6-22(15-28(20)11-2-10-26-14-9-23-17-26)7-12-27(13-8-22)21-18-3-1-4-19(18)24-16-25-21/h9,14,16-17H,1-8,10-13,15H2. The number of nitrogens with zero attached hydrogens (tertiary/aromatic N) is 6. The molecule has 7 heteroatoms. The van der Waals surface area contributed by atoms with Crippen LogP contribution in [0.2, 0.25) is 0 Å². The van der Waals surface area contributed by atoms with E-state index < -0.39 is 0 Å². The summed E-state index contributed by atoms with van der Waals surface area (Å²) in [5, 5.41) is 0. The van der Waals surface area contributed by atoms with E-state index in [4.69, 9.17) is 0 Å². The maximum atomic E-state index is 12.5. The Morgan fingerprint density at radius 3 is 2.76 bits per heavy atom. The number of hydrogen-bond acceptors (Lipinski definition) is 5. The van der Waals surface area contributed by atoms with Gasteiger partial charge in [0.05, 0.1) is 6.33 Å². The molecule has 0 radical (unpaired) electrons. The van der Waals surface area contributed by atoms with Crippen molar-refractivity contribution in [3.63, 3.8) is 0 Å². The number of amides is 1. The molecule has 154 valence electrons. The van der Waals surface area contributed by atoms with Crippen molar-refractivity contribution in [3.8, 4) is 0 Å². The highest BCUT2D eigenvalue weighted by atomic mass is 16.2. The van der Waals surface area contributed by atoms with Crippen molar-refractivity contribution in [1.29, 1.82) is 0 Å². The zero-order valence-electron chi connectivity index (χ0n) is 17.1. The predicted molar refractivity (Wildman–Crippen MR) is 111 cm³/mol. The van der Waals surface area contributed by atoms with Gasteiger partial charge in [-0.25, -0.2) is 15.0 Å². The summed E-state index contributed by atoms with van der Waals surface area (Å²) in [5.74, 6) is 1.50. The number of aromatic nitrogens is 4. The van der Waals surface area contributed by atoms with Crippen LogP contribution in [-0.2, 0) is 24.2 Å². The Bertz CT molecular complexity index is 856. The zero-order chi connectivity index (χ0) is 19.7. The van der Waals surface area contributed by atoms with Crippen LogP contribution in [0.4, 0.5) is 5.82 Å². The fourth-order valence-corrected chi connectivity index (χ4v) is 5.38. The Morgan fingerprint density at radius 1 is 1.03 bits per heavy atom. The van der Waals surface area contributed by atoms with Gasteiger partial charge in [0, 0.05) is 62.8 Å². The summed E-state index contributed by atoms with van der Waals surface area (Å²) in [5.41, 5.74) is 2.92. The van der Waals surface area contributed by atoms with E-state index in [9.17, 15) is 4.79 Å². The van der Waals surface area contributed by atoms with Gasteiger partial charge in [-0.1, -0.05) is 0 Å². The normalized spacial score (nSPS) is 21.0. The molecule has 1 aliphatic carbocycles. The molecule has 2 saturated heterocycles. The molecule has 0 unspecified atom stereocenters. The van der Waals surface area contributed by atoms with Crippen molar-refractivity contribution < 1.29 is 4.79 Å². The third-order valence-electron chi connectivity index (χ3n) is 7.13. The minimum absolute atomic E-state index is 0.287. The van der Waals surface area contributed by atoms with Crippen molar-refractivity contribution >= 4 is 11.7 Å². The second-order valence-electron chi connectivity index (χ2n) is 8.93. The number of hydrogen-bond donors (Lipinski definition) is 0. The van der Waals surface area contributed by atoms with Gasteiger partial charge in [0.15, 0.2) is 0 Å². The number of rotatable bonds is 5. The summed E-state index contributed by atoms with van der Waals surface area (Å²) in [6.45, 7) is 4.78. The smallest absolute Gasteiger partial charge is 0.222 e. The highest BCUT2D eigenvalue weighted by molar-refractivity contribution is 5.77. The van der Waals surface area contributed by atoms with Gasteiger partial charge < -0.3 is 14.4 Å². The Hall–Kier alpha value is -2.44. The molecule has 4 heterocycles. The molecule has 0 bridgehead atoms. The number of imidazole rings is 1. The van der Waals surface area contributed by atoms with Gasteiger partial charge in [-0.3, -0.25) is 4.79 Å². The molecule has 7 nitrogen and oxygen atoms in total. The molecule has 0 saturated carbocycles. The van der Waals surface area contributed by atoms with E-state index in [1.807, 2.05) is 18.7 Å². The molecule has 29 heavy (non-hydrogen) atoms. The number of anilines is 1. The van der Waals surface area contributed by atoms with Crippen molar-refractivity contribution in [3.05, 3.63) is 36.3 Å². The van der Waals surface area contributed by atoms with Gasteiger partial charge in [-0.15, -0.1) is 0 Å². The Morgan fingerprint density at radius 2 is 1.93 bits per heavy atom. The molecule has 0 N–H and O–H groups in total. The van der Waals surface area contributed by atoms with E-state index in [0.29, 0.717) is 12.3 Å². The molecule has 3 aliphatic rings. The first-order valence-corrected chi connectivity index (χ1v) is 11.0. The lowest BCUT2D eigenvalue weighted by Gasteiger charge is -2.48. The van der Waals surface area contributed by atoms with Gasteiger partial charge in [0.2, 0.25) is 5.91 Å². The van der Waals surface area contributed by atoms with Crippen LogP contribution in [0.5, 0.6) is 0 Å². The first-order chi connectivity index (χ1) is 14.2. The maximum Gasteiger partial charge on any atom is 0.222 e. The molecule has 5 rings (SSSR count). The van der Waals surface area contributed by atoms with Crippen molar-refractivity contribution in [1.82, 2.24) is 24.4 Å². The topological polar surface area (TPSA) is 67.2 Å². The lowest BCUT2D eigenvalue weighted by Crippen LogP contribution is -2.52. The Labute approximate surface area is 172 Å². The van der Waals surface area contributed by atoms with Crippen molar-refractivity contribution in [2.45, 2.75) is 57.9 Å². The minimum Gasteiger partial charge on any atom is -0.356 e. The van der Waals surface area contributed by atoms with E-state index in [1.165, 1.54) is 23.5 Å². The van der Waals surface area contributed by atoms with Crippen LogP contribution in [-0.4, -0.2) is 56.5 Å². The van der Waals surface area contributed by atoms with Crippen LogP contribution < -0.4 is 4.90 Å². The lowest BCUT2D eigenvalue weighted by atomic mass is 9.72. The first-order valence-electron chi connectivity index (χ1n) is 11.0. The summed E-state index contributed by atoms with van der Waals surface area (Å²) in [6, 6.07) is 0. The number of piperidine rings is 2. The summed E-state index contributed by atoms with van der Waals surface area (Å²) in [6.07, 6.45) is 15.8. The predicted octanol–water partition coefficient (Wildman–Crippen LogP) is 2.46. The molecular formula is C22H30N6O. The molecule has 2 aromatic rings. The van der Waals surface area contributed by atoms with Gasteiger partial charge in [-0.2, -0.15) is 0 Å². The van der Waals surface area contributed by atoms with E-state index in [0.717, 1.165) is 71.2 Å². The highest BCUT2D eigenvalue weighted by Gasteiger charge is 2.41. The molecule has 1 amide bonds. The number of likely N-dealkylation sites (tertiary alicyclic amines) is 1. The van der Waals surface area contributed by atoms with E-state index in [1.54, 1.807) is 6.33 Å². The monoisotopic (exact) mass is 394 g/mol. The molecular weight excluding hydrogens is 364 g/mol. The second-order valence-corrected chi connectivity index (χ2v) is 8.93. The Kier molecular flexibility index (Phi) is 4.97. The van der Waals surface area contributed by atoms with Crippen molar-refractivity contribution in [2.24, 2.45) is 5.41 Å². The van der Waals surface area contributed by atoms with Crippen LogP contribution in [0.3, 0.4) is 0 Å². The van der Waals surface area contributed by atoms with Gasteiger partial charge in [-0.05, 0) is 50.4 Å². The Balaban J connectivity index is 1.20. The number of fused-ring (bicyclic) bond motifs is 1. The van der Waals surface area contributed by atoms with Crippen LogP contribution >= 0.6 is 0 Å². The zero-order valence-corrected chi connectivity index (χ0v) is 17.1. The third kappa shape index (κ3) is 3.74. The molecule has 0 aromatic carbocycles. The van der Waals surface area contributed by atoms with E-state index >= 15 is 0 Å². The average molecular weight is 395 g/mol. The number of carbonyl (C=O) groups is 1. The van der Waals surface area contributed by atoms with Gasteiger partial charge in [0.25, 0.3) is 0 Å². The lowest BCUT2D eigenvalue weighted by molar-refractivity contribution is -0.138. The van der Waals surface area contributed by atoms with E-state index in [2.05, 4.69) is 29.3 Å². The SMILES string of the molecule is O=C1CCC2(CCN(c3ncnc4c3CCC4)CC2)CN1CCCn1ccnc1. The van der Waals surface area contributed by atoms with Crippen molar-refractivity contribution in [2.75, 3.05) is 31.1 Å². The fourth-order valence-electron chi connectivity index (χ4n) is 5.38. The summed E-state index contributed by atoms with van der Waals surface area (Å²) >= 11 is 0. The molecule has 2 aromatic heterocycles. The molecule has 1 spiro atoms. The molecule has 2 fully saturated rings. The second kappa shape index (κ2) is 7.76. The van der Waals surface area contributed by atoms with Gasteiger partial charge >= 0.3 is 0 Å². The highest BCUT2D eigenvalue weighted by Crippen LogP contribution is 2.42. The summed E-state index contributed by atoms with van der Waals surface area (Å²) < 4.78 is 2.09. The van der Waals surface area contributed by atoms with Crippen LogP contribution in [0.25, 0.3) is 0 Å². The third-order valence-corrected chi connectivity index (χ3v) is 7.13. The molecule has 2 aliphatic heterocycles. The van der Waals surface area contributed by atoms with Gasteiger partial charge in [0.1, 0.15) is 12.1 Å². The summed E-state index contributed by atoms with van der Waals surface area (Å²) in [7, 11) is 0. The van der Waals surface area contributed by atoms with Crippen LogP contribution in [0.1, 0.15) is 49.8 Å². The first kappa shape index (κ1) is 18.6. The maximum absolute atomic E-state index is 12.5. The quantitative estimate of drug-likeness (QED) is 0.779. The summed E-state index contributed by atoms with van der Waals surface area (Å²) in [4.78, 5) is 30.3. The number of aryl methyl sites for hydroxylation is 2. The van der Waals surface area contributed by atoms with Crippen LogP contribution in [0, 0.1) is 5.41 Å². The molecule has 0 atom stereocenters. The van der Waals surface area contributed by atoms with Crippen LogP contribution in [0.15, 0.2) is 25.0 Å².